The van der Waals surface area contributed by atoms with Crippen molar-refractivity contribution in [3.63, 3.8) is 0 Å². The Bertz CT molecular complexity index is 1100. The smallest absolute Gasteiger partial charge is 0.335 e. The van der Waals surface area contributed by atoms with Crippen LogP contribution in [0.25, 0.3) is 6.08 Å². The van der Waals surface area contributed by atoms with Crippen molar-refractivity contribution in [3.05, 3.63) is 65.2 Å². The lowest BCUT2D eigenvalue weighted by Gasteiger charge is -2.26. The topological polar surface area (TPSA) is 94.2 Å². The summed E-state index contributed by atoms with van der Waals surface area (Å²) in [6.07, 6.45) is 2.96. The average molecular weight is 443 g/mol. The number of rotatable bonds is 7. The van der Waals surface area contributed by atoms with Crippen LogP contribution in [0.1, 0.15) is 5.56 Å². The number of nitrogens with zero attached hydrogens (tertiary/aromatic N) is 1. The van der Waals surface area contributed by atoms with Gasteiger partial charge in [-0.05, 0) is 42.0 Å². The number of imide groups is 2. The Labute approximate surface area is 183 Å². The second-order valence-electron chi connectivity index (χ2n) is 6.29. The Morgan fingerprint density at radius 1 is 1.03 bits per heavy atom. The van der Waals surface area contributed by atoms with Crippen LogP contribution in [0.2, 0.25) is 5.02 Å². The molecule has 1 fully saturated rings. The molecule has 31 heavy (non-hydrogen) atoms. The standard InChI is InChI=1S/C22H19ClN2O6/c1-4-9-31-18-7-5-13(11-19(18)30-3)10-15-20(26)24-22(28)25(21(15)27)14-6-8-17(29-2)16(23)12-14/h4-8,10-12H,1,9H2,2-3H3,(H,24,26,28)/b15-10-. The van der Waals surface area contributed by atoms with E-state index in [2.05, 4.69) is 11.9 Å². The fourth-order valence-corrected chi connectivity index (χ4v) is 3.15. The zero-order valence-electron chi connectivity index (χ0n) is 16.8. The van der Waals surface area contributed by atoms with Gasteiger partial charge in [0.15, 0.2) is 11.5 Å². The average Bonchev–Trinajstić information content (AvgIpc) is 2.75. The summed E-state index contributed by atoms with van der Waals surface area (Å²) in [4.78, 5) is 38.6. The van der Waals surface area contributed by atoms with Crippen LogP contribution in [0, 0.1) is 0 Å². The SMILES string of the molecule is C=CCOc1ccc(/C=C2/C(=O)NC(=O)N(c3ccc(OC)c(Cl)c3)C2=O)cc1OC. The predicted molar refractivity (Wildman–Crippen MR) is 116 cm³/mol. The second-order valence-corrected chi connectivity index (χ2v) is 6.69. The monoisotopic (exact) mass is 442 g/mol. The van der Waals surface area contributed by atoms with E-state index in [1.807, 2.05) is 0 Å². The maximum atomic E-state index is 13.0. The molecule has 1 heterocycles. The highest BCUT2D eigenvalue weighted by Crippen LogP contribution is 2.32. The fourth-order valence-electron chi connectivity index (χ4n) is 2.89. The van der Waals surface area contributed by atoms with Gasteiger partial charge in [-0.25, -0.2) is 9.69 Å². The number of urea groups is 1. The van der Waals surface area contributed by atoms with E-state index >= 15 is 0 Å². The molecule has 1 saturated heterocycles. The summed E-state index contributed by atoms with van der Waals surface area (Å²) in [5.41, 5.74) is 0.467. The first-order valence-electron chi connectivity index (χ1n) is 9.06. The Balaban J connectivity index is 1.97. The van der Waals surface area contributed by atoms with Gasteiger partial charge in [-0.3, -0.25) is 14.9 Å². The third-order valence-electron chi connectivity index (χ3n) is 4.35. The highest BCUT2D eigenvalue weighted by Gasteiger charge is 2.37. The van der Waals surface area contributed by atoms with Gasteiger partial charge >= 0.3 is 6.03 Å². The molecule has 0 radical (unpaired) electrons. The van der Waals surface area contributed by atoms with Gasteiger partial charge in [0.1, 0.15) is 17.9 Å². The first kappa shape index (κ1) is 21.9. The van der Waals surface area contributed by atoms with Gasteiger partial charge in [0, 0.05) is 0 Å². The van der Waals surface area contributed by atoms with E-state index in [1.165, 1.54) is 38.5 Å². The van der Waals surface area contributed by atoms with Crippen LogP contribution in [0.4, 0.5) is 10.5 Å². The second kappa shape index (κ2) is 9.36. The van der Waals surface area contributed by atoms with E-state index < -0.39 is 17.8 Å². The first-order chi connectivity index (χ1) is 14.9. The van der Waals surface area contributed by atoms with Gasteiger partial charge in [-0.2, -0.15) is 0 Å². The van der Waals surface area contributed by atoms with E-state index in [0.29, 0.717) is 29.4 Å². The van der Waals surface area contributed by atoms with Crippen LogP contribution < -0.4 is 24.4 Å². The number of anilines is 1. The number of benzene rings is 2. The summed E-state index contributed by atoms with van der Waals surface area (Å²) in [7, 11) is 2.92. The molecule has 0 spiro atoms. The zero-order chi connectivity index (χ0) is 22.5. The van der Waals surface area contributed by atoms with Crippen LogP contribution in [0.3, 0.4) is 0 Å². The van der Waals surface area contributed by atoms with Gasteiger partial charge in [-0.1, -0.05) is 30.3 Å². The Kier molecular flexibility index (Phi) is 6.61. The molecule has 160 valence electrons. The lowest BCUT2D eigenvalue weighted by molar-refractivity contribution is -0.122. The molecule has 0 bridgehead atoms. The number of amides is 4. The minimum Gasteiger partial charge on any atom is -0.495 e. The summed E-state index contributed by atoms with van der Waals surface area (Å²) >= 11 is 6.12. The molecule has 0 aliphatic carbocycles. The Hall–Kier alpha value is -3.78. The number of nitrogens with one attached hydrogen (secondary N) is 1. The quantitative estimate of drug-likeness (QED) is 0.400. The zero-order valence-corrected chi connectivity index (χ0v) is 17.6. The largest absolute Gasteiger partial charge is 0.495 e. The van der Waals surface area contributed by atoms with Gasteiger partial charge in [0.05, 0.1) is 24.9 Å². The molecule has 0 saturated carbocycles. The van der Waals surface area contributed by atoms with E-state index in [0.717, 1.165) is 4.90 Å². The van der Waals surface area contributed by atoms with E-state index in [-0.39, 0.29) is 16.3 Å². The molecule has 2 aromatic rings. The van der Waals surface area contributed by atoms with Gasteiger partial charge in [-0.15, -0.1) is 0 Å². The third-order valence-corrected chi connectivity index (χ3v) is 4.65. The maximum Gasteiger partial charge on any atom is 0.335 e. The van der Waals surface area contributed by atoms with Crippen molar-refractivity contribution < 1.29 is 28.6 Å². The molecular formula is C22H19ClN2O6. The number of barbiturate groups is 1. The van der Waals surface area contributed by atoms with E-state index in [1.54, 1.807) is 24.3 Å². The van der Waals surface area contributed by atoms with E-state index in [9.17, 15) is 14.4 Å². The molecule has 4 amide bonds. The summed E-state index contributed by atoms with van der Waals surface area (Å²) in [5.74, 6) is -0.325. The summed E-state index contributed by atoms with van der Waals surface area (Å²) in [6.45, 7) is 3.88. The minimum absolute atomic E-state index is 0.192. The lowest BCUT2D eigenvalue weighted by Crippen LogP contribution is -2.54. The molecule has 0 atom stereocenters. The molecule has 3 rings (SSSR count). The molecule has 1 N–H and O–H groups in total. The van der Waals surface area contributed by atoms with Crippen LogP contribution >= 0.6 is 11.6 Å². The van der Waals surface area contributed by atoms with Gasteiger partial charge in [0.2, 0.25) is 0 Å². The molecule has 0 aromatic heterocycles. The minimum atomic E-state index is -0.876. The molecule has 1 aliphatic rings. The van der Waals surface area contributed by atoms with Crippen molar-refractivity contribution in [2.75, 3.05) is 25.7 Å². The molecular weight excluding hydrogens is 424 g/mol. The molecule has 0 unspecified atom stereocenters. The molecule has 9 heteroatoms. The summed E-state index contributed by atoms with van der Waals surface area (Å²) in [6, 6.07) is 8.44. The number of hydrogen-bond donors (Lipinski definition) is 1. The predicted octanol–water partition coefficient (Wildman–Crippen LogP) is 3.59. The van der Waals surface area contributed by atoms with Crippen molar-refractivity contribution in [3.8, 4) is 17.2 Å². The number of carbonyl (C=O) groups excluding carboxylic acids is 3. The van der Waals surface area contributed by atoms with Crippen molar-refractivity contribution in [1.29, 1.82) is 0 Å². The number of hydrogen-bond acceptors (Lipinski definition) is 6. The van der Waals surface area contributed by atoms with Crippen LogP contribution in [0.5, 0.6) is 17.2 Å². The Morgan fingerprint density at radius 2 is 1.74 bits per heavy atom. The van der Waals surface area contributed by atoms with Crippen molar-refractivity contribution in [2.45, 2.75) is 0 Å². The lowest BCUT2D eigenvalue weighted by atomic mass is 10.1. The normalized spacial score (nSPS) is 15.0. The van der Waals surface area contributed by atoms with Gasteiger partial charge in [0.25, 0.3) is 11.8 Å². The number of carbonyl (C=O) groups is 3. The highest BCUT2D eigenvalue weighted by atomic mass is 35.5. The molecule has 2 aromatic carbocycles. The maximum absolute atomic E-state index is 13.0. The molecule has 8 nitrogen and oxygen atoms in total. The van der Waals surface area contributed by atoms with Crippen LogP contribution in [-0.4, -0.2) is 38.7 Å². The fraction of sp³-hybridized carbons (Fsp3) is 0.136. The van der Waals surface area contributed by atoms with Crippen LogP contribution in [0.15, 0.2) is 54.6 Å². The highest BCUT2D eigenvalue weighted by molar-refractivity contribution is 6.39. The van der Waals surface area contributed by atoms with Crippen LogP contribution in [-0.2, 0) is 9.59 Å². The van der Waals surface area contributed by atoms with E-state index in [4.69, 9.17) is 25.8 Å². The summed E-state index contributed by atoms with van der Waals surface area (Å²) < 4.78 is 15.9. The first-order valence-corrected chi connectivity index (χ1v) is 9.44. The van der Waals surface area contributed by atoms with Crippen molar-refractivity contribution in [2.24, 2.45) is 0 Å². The van der Waals surface area contributed by atoms with Crippen molar-refractivity contribution in [1.82, 2.24) is 5.32 Å². The third kappa shape index (κ3) is 4.54. The summed E-state index contributed by atoms with van der Waals surface area (Å²) in [5, 5.41) is 2.37. The molecule has 1 aliphatic heterocycles. The number of halogens is 1. The van der Waals surface area contributed by atoms with Crippen molar-refractivity contribution >= 4 is 41.2 Å². The number of methoxy groups -OCH3 is 2. The van der Waals surface area contributed by atoms with Gasteiger partial charge < -0.3 is 14.2 Å². The number of ether oxygens (including phenoxy) is 3. The Morgan fingerprint density at radius 3 is 2.39 bits per heavy atom.